The van der Waals surface area contributed by atoms with Crippen LogP contribution in [0.5, 0.6) is 0 Å². The van der Waals surface area contributed by atoms with Gasteiger partial charge in [-0.2, -0.15) is 0 Å². The highest BCUT2D eigenvalue weighted by molar-refractivity contribution is 6.05. The van der Waals surface area contributed by atoms with Crippen molar-refractivity contribution in [1.82, 2.24) is 9.97 Å². The highest BCUT2D eigenvalue weighted by Gasteiger charge is 2.37. The van der Waals surface area contributed by atoms with Crippen LogP contribution in [0.2, 0.25) is 0 Å². The number of hydrogen-bond acceptors (Lipinski definition) is 2. The number of nitrogens with zero attached hydrogens (tertiary/aromatic N) is 2. The van der Waals surface area contributed by atoms with Gasteiger partial charge in [-0.05, 0) is 95.7 Å². The van der Waals surface area contributed by atoms with Gasteiger partial charge in [0.15, 0.2) is 5.82 Å². The van der Waals surface area contributed by atoms with Crippen LogP contribution in [0, 0.1) is 0 Å². The second-order valence-electron chi connectivity index (χ2n) is 16.5. The summed E-state index contributed by atoms with van der Waals surface area (Å²) in [4.78, 5) is 10.6. The van der Waals surface area contributed by atoms with Gasteiger partial charge in [0.05, 0.1) is 11.4 Å². The van der Waals surface area contributed by atoms with Crippen LogP contribution in [0.4, 0.5) is 0 Å². The molecular weight excluding hydrogens is 737 g/mol. The molecule has 0 bridgehead atoms. The zero-order chi connectivity index (χ0) is 40.9. The smallest absolute Gasteiger partial charge is 0.160 e. The third-order valence-corrected chi connectivity index (χ3v) is 12.5. The van der Waals surface area contributed by atoms with Crippen molar-refractivity contribution in [2.75, 3.05) is 0 Å². The lowest BCUT2D eigenvalue weighted by atomic mass is 9.78. The molecule has 0 atom stereocenters. The summed E-state index contributed by atoms with van der Waals surface area (Å²) in [5.41, 5.74) is 19.7. The number of hydrogen-bond donors (Lipinski definition) is 0. The normalized spacial score (nSPS) is 12.6. The maximum atomic E-state index is 5.33. The molecule has 288 valence electrons. The molecule has 10 aromatic rings. The minimum absolute atomic E-state index is 0.104. The SMILES string of the molecule is CC1(C)c2ccccc2-c2cccc(-c3cccc(-c4ccc(-c5cc(-c6ccc(-c7ccccc7)cc6-c6ccccc6)nc(-c6ccccc6)n5)c5ccccc45)c3)c21. The highest BCUT2D eigenvalue weighted by atomic mass is 14.9. The van der Waals surface area contributed by atoms with Crippen LogP contribution in [0.25, 0.3) is 100 Å². The van der Waals surface area contributed by atoms with Crippen molar-refractivity contribution < 1.29 is 0 Å². The van der Waals surface area contributed by atoms with E-state index in [4.69, 9.17) is 9.97 Å². The fourth-order valence-electron chi connectivity index (χ4n) is 9.59. The second-order valence-corrected chi connectivity index (χ2v) is 16.5. The summed E-state index contributed by atoms with van der Waals surface area (Å²) in [5.74, 6) is 0.695. The molecule has 0 saturated heterocycles. The third-order valence-electron chi connectivity index (χ3n) is 12.5. The van der Waals surface area contributed by atoms with E-state index >= 15 is 0 Å². The molecule has 0 N–H and O–H groups in total. The average Bonchev–Trinajstić information content (AvgIpc) is 3.57. The van der Waals surface area contributed by atoms with E-state index in [0.29, 0.717) is 5.82 Å². The average molecular weight is 779 g/mol. The Morgan fingerprint density at radius 2 is 0.803 bits per heavy atom. The van der Waals surface area contributed by atoms with E-state index in [1.54, 1.807) is 0 Å². The number of benzene rings is 9. The van der Waals surface area contributed by atoms with Gasteiger partial charge in [0.2, 0.25) is 0 Å². The summed E-state index contributed by atoms with van der Waals surface area (Å²) in [6, 6.07) is 78.5. The topological polar surface area (TPSA) is 25.8 Å². The molecule has 0 unspecified atom stereocenters. The lowest BCUT2D eigenvalue weighted by molar-refractivity contribution is 0.662. The van der Waals surface area contributed by atoms with Crippen LogP contribution in [-0.2, 0) is 5.41 Å². The summed E-state index contributed by atoms with van der Waals surface area (Å²) < 4.78 is 0. The van der Waals surface area contributed by atoms with Crippen molar-refractivity contribution in [1.29, 1.82) is 0 Å². The van der Waals surface area contributed by atoms with Crippen molar-refractivity contribution in [3.8, 4) is 89.5 Å². The van der Waals surface area contributed by atoms with Crippen molar-refractivity contribution in [2.24, 2.45) is 0 Å². The fraction of sp³-hybridized carbons (Fsp3) is 0.0508. The molecule has 0 saturated carbocycles. The van der Waals surface area contributed by atoms with Crippen LogP contribution in [0.1, 0.15) is 25.0 Å². The molecule has 1 aliphatic rings. The molecular formula is C59H42N2. The number of rotatable bonds is 7. The largest absolute Gasteiger partial charge is 0.228 e. The molecule has 1 aliphatic carbocycles. The maximum Gasteiger partial charge on any atom is 0.160 e. The van der Waals surface area contributed by atoms with Gasteiger partial charge in [-0.25, -0.2) is 9.97 Å². The first-order valence-electron chi connectivity index (χ1n) is 21.1. The van der Waals surface area contributed by atoms with Crippen molar-refractivity contribution >= 4 is 10.8 Å². The fourth-order valence-corrected chi connectivity index (χ4v) is 9.59. The van der Waals surface area contributed by atoms with Crippen molar-refractivity contribution in [2.45, 2.75) is 19.3 Å². The minimum Gasteiger partial charge on any atom is -0.228 e. The first-order valence-corrected chi connectivity index (χ1v) is 21.1. The molecule has 9 aromatic carbocycles. The van der Waals surface area contributed by atoms with E-state index < -0.39 is 0 Å². The summed E-state index contributed by atoms with van der Waals surface area (Å²) in [5, 5.41) is 2.33. The monoisotopic (exact) mass is 778 g/mol. The summed E-state index contributed by atoms with van der Waals surface area (Å²) >= 11 is 0. The van der Waals surface area contributed by atoms with E-state index in [9.17, 15) is 0 Å². The van der Waals surface area contributed by atoms with Crippen LogP contribution in [0.3, 0.4) is 0 Å². The van der Waals surface area contributed by atoms with Crippen molar-refractivity contribution in [3.63, 3.8) is 0 Å². The first-order chi connectivity index (χ1) is 30.0. The summed E-state index contributed by atoms with van der Waals surface area (Å²) in [6.07, 6.45) is 0. The molecule has 1 aromatic heterocycles. The first kappa shape index (κ1) is 36.4. The molecule has 0 amide bonds. The molecule has 11 rings (SSSR count). The van der Waals surface area contributed by atoms with Gasteiger partial charge in [-0.1, -0.05) is 214 Å². The van der Waals surface area contributed by atoms with Crippen LogP contribution >= 0.6 is 0 Å². The van der Waals surface area contributed by atoms with Gasteiger partial charge >= 0.3 is 0 Å². The van der Waals surface area contributed by atoms with E-state index in [1.807, 2.05) is 6.07 Å². The van der Waals surface area contributed by atoms with E-state index in [-0.39, 0.29) is 5.41 Å². The van der Waals surface area contributed by atoms with Gasteiger partial charge in [0.1, 0.15) is 0 Å². The Morgan fingerprint density at radius 3 is 1.54 bits per heavy atom. The molecule has 61 heavy (non-hydrogen) atoms. The van der Waals surface area contributed by atoms with Crippen LogP contribution in [-0.4, -0.2) is 9.97 Å². The van der Waals surface area contributed by atoms with Crippen LogP contribution < -0.4 is 0 Å². The van der Waals surface area contributed by atoms with E-state index in [0.717, 1.165) is 50.2 Å². The third kappa shape index (κ3) is 6.36. The Bertz CT molecular complexity index is 3260. The van der Waals surface area contributed by atoms with Gasteiger partial charge in [-0.15, -0.1) is 0 Å². The molecule has 1 heterocycles. The van der Waals surface area contributed by atoms with Crippen LogP contribution in [0.15, 0.2) is 218 Å². The maximum absolute atomic E-state index is 5.33. The molecule has 0 aliphatic heterocycles. The van der Waals surface area contributed by atoms with Crippen molar-refractivity contribution in [3.05, 3.63) is 230 Å². The van der Waals surface area contributed by atoms with E-state index in [2.05, 4.69) is 226 Å². The lowest BCUT2D eigenvalue weighted by Gasteiger charge is -2.24. The quantitative estimate of drug-likeness (QED) is 0.161. The molecule has 0 fully saturated rings. The second kappa shape index (κ2) is 14.9. The van der Waals surface area contributed by atoms with E-state index in [1.165, 1.54) is 55.5 Å². The molecule has 0 spiro atoms. The van der Waals surface area contributed by atoms with Gasteiger partial charge in [0.25, 0.3) is 0 Å². The van der Waals surface area contributed by atoms with Gasteiger partial charge in [0, 0.05) is 22.1 Å². The molecule has 0 radical (unpaired) electrons. The Kier molecular flexibility index (Phi) is 8.86. The summed E-state index contributed by atoms with van der Waals surface area (Å²) in [7, 11) is 0. The summed E-state index contributed by atoms with van der Waals surface area (Å²) in [6.45, 7) is 4.72. The standard InChI is InChI=1S/C59H42N2/c1-59(2)54-31-15-14-28-49(54)52-30-17-29-46(57(52)59)44-25-16-24-43(36-44)45-34-35-50(48-27-13-12-26-47(45)48)55-38-56(61-58(60-55)41-22-10-5-11-23-41)51-33-32-42(39-18-6-3-7-19-39)37-53(51)40-20-8-4-9-21-40/h3-38H,1-2H3. The van der Waals surface area contributed by atoms with Gasteiger partial charge in [-0.3, -0.25) is 0 Å². The zero-order valence-corrected chi connectivity index (χ0v) is 34.2. The van der Waals surface area contributed by atoms with Gasteiger partial charge < -0.3 is 0 Å². The zero-order valence-electron chi connectivity index (χ0n) is 34.2. The predicted octanol–water partition coefficient (Wildman–Crippen LogP) is 15.6. The Balaban J connectivity index is 1.06. The Hall–Kier alpha value is -7.68. The number of aromatic nitrogens is 2. The molecule has 2 heteroatoms. The minimum atomic E-state index is -0.104. The highest BCUT2D eigenvalue weighted by Crippen LogP contribution is 2.52. The lowest BCUT2D eigenvalue weighted by Crippen LogP contribution is -2.16. The predicted molar refractivity (Wildman–Crippen MR) is 255 cm³/mol. The number of fused-ring (bicyclic) bond motifs is 4. The molecule has 2 nitrogen and oxygen atoms in total. The Labute approximate surface area is 357 Å². The Morgan fingerprint density at radius 1 is 0.295 bits per heavy atom.